The first kappa shape index (κ1) is 17.4. The first-order chi connectivity index (χ1) is 13.2. The molecule has 2 heterocycles. The van der Waals surface area contributed by atoms with Crippen molar-refractivity contribution < 1.29 is 14.3 Å². The van der Waals surface area contributed by atoms with E-state index in [0.29, 0.717) is 11.4 Å². The largest absolute Gasteiger partial charge is 0.482 e. The zero-order valence-electron chi connectivity index (χ0n) is 15.2. The van der Waals surface area contributed by atoms with Crippen molar-refractivity contribution >= 4 is 28.9 Å². The molecule has 2 amide bonds. The van der Waals surface area contributed by atoms with Crippen LogP contribution >= 0.6 is 0 Å². The monoisotopic (exact) mass is 365 g/mol. The van der Waals surface area contributed by atoms with E-state index in [1.165, 1.54) is 24.2 Å². The van der Waals surface area contributed by atoms with E-state index in [1.807, 2.05) is 36.4 Å². The summed E-state index contributed by atoms with van der Waals surface area (Å²) >= 11 is 0. The number of nitrogens with one attached hydrogen (secondary N) is 1. The number of rotatable bonds is 4. The third-order valence-corrected chi connectivity index (χ3v) is 4.98. The smallest absolute Gasteiger partial charge is 0.265 e. The highest BCUT2D eigenvalue weighted by Gasteiger charge is 2.27. The lowest BCUT2D eigenvalue weighted by Gasteiger charge is -2.31. The number of para-hydroxylation sites is 4. The van der Waals surface area contributed by atoms with Crippen LogP contribution in [-0.4, -0.2) is 38.1 Å². The van der Waals surface area contributed by atoms with Crippen LogP contribution in [0.2, 0.25) is 0 Å². The van der Waals surface area contributed by atoms with E-state index in [4.69, 9.17) is 4.74 Å². The van der Waals surface area contributed by atoms with E-state index in [2.05, 4.69) is 10.2 Å². The summed E-state index contributed by atoms with van der Waals surface area (Å²) in [6.07, 6.45) is 3.59. The molecule has 1 saturated heterocycles. The topological polar surface area (TPSA) is 61.9 Å². The molecule has 4 rings (SSSR count). The molecular formula is C21H23N3O3. The van der Waals surface area contributed by atoms with Crippen LogP contribution in [-0.2, 0) is 9.59 Å². The molecule has 0 aromatic heterocycles. The Labute approximate surface area is 158 Å². The fourth-order valence-electron chi connectivity index (χ4n) is 3.65. The summed E-state index contributed by atoms with van der Waals surface area (Å²) in [5.74, 6) is 0.191. The normalized spacial score (nSPS) is 16.5. The average molecular weight is 365 g/mol. The quantitative estimate of drug-likeness (QED) is 0.905. The van der Waals surface area contributed by atoms with Gasteiger partial charge in [-0.25, -0.2) is 0 Å². The fraction of sp³-hybridized carbons (Fsp3) is 0.333. The minimum Gasteiger partial charge on any atom is -0.482 e. The van der Waals surface area contributed by atoms with Crippen LogP contribution in [0.4, 0.5) is 17.1 Å². The van der Waals surface area contributed by atoms with Gasteiger partial charge >= 0.3 is 0 Å². The third kappa shape index (κ3) is 3.74. The van der Waals surface area contributed by atoms with Gasteiger partial charge < -0.3 is 15.0 Å². The third-order valence-electron chi connectivity index (χ3n) is 4.98. The molecule has 6 heteroatoms. The molecule has 27 heavy (non-hydrogen) atoms. The Morgan fingerprint density at radius 3 is 2.48 bits per heavy atom. The summed E-state index contributed by atoms with van der Waals surface area (Å²) in [5.41, 5.74) is 2.46. The zero-order valence-corrected chi connectivity index (χ0v) is 15.2. The molecule has 2 aliphatic heterocycles. The maximum Gasteiger partial charge on any atom is 0.265 e. The number of ether oxygens (including phenoxy) is 1. The van der Waals surface area contributed by atoms with E-state index in [-0.39, 0.29) is 25.0 Å². The first-order valence-electron chi connectivity index (χ1n) is 9.38. The van der Waals surface area contributed by atoms with Gasteiger partial charge in [-0.1, -0.05) is 24.3 Å². The predicted octanol–water partition coefficient (Wildman–Crippen LogP) is 3.04. The van der Waals surface area contributed by atoms with Crippen molar-refractivity contribution in [3.8, 4) is 5.75 Å². The molecule has 0 spiro atoms. The molecule has 140 valence electrons. The highest BCUT2D eigenvalue weighted by molar-refractivity contribution is 6.05. The van der Waals surface area contributed by atoms with E-state index >= 15 is 0 Å². The molecule has 2 aliphatic rings. The van der Waals surface area contributed by atoms with E-state index in [9.17, 15) is 9.59 Å². The Kier molecular flexibility index (Phi) is 4.96. The molecular weight excluding hydrogens is 342 g/mol. The Balaban J connectivity index is 1.50. The summed E-state index contributed by atoms with van der Waals surface area (Å²) < 4.78 is 5.43. The molecule has 0 bridgehead atoms. The molecule has 0 atom stereocenters. The number of hydrogen-bond acceptors (Lipinski definition) is 4. The van der Waals surface area contributed by atoms with Gasteiger partial charge in [-0.2, -0.15) is 0 Å². The van der Waals surface area contributed by atoms with Crippen LogP contribution in [0.25, 0.3) is 0 Å². The van der Waals surface area contributed by atoms with Crippen LogP contribution in [0.1, 0.15) is 19.3 Å². The average Bonchev–Trinajstić information content (AvgIpc) is 2.71. The van der Waals surface area contributed by atoms with E-state index < -0.39 is 0 Å². The maximum atomic E-state index is 12.7. The Bertz CT molecular complexity index is 846. The van der Waals surface area contributed by atoms with Gasteiger partial charge in [0.25, 0.3) is 5.91 Å². The van der Waals surface area contributed by atoms with Gasteiger partial charge in [0.2, 0.25) is 5.91 Å². The lowest BCUT2D eigenvalue weighted by Crippen LogP contribution is -2.43. The van der Waals surface area contributed by atoms with Gasteiger partial charge in [-0.3, -0.25) is 14.5 Å². The summed E-state index contributed by atoms with van der Waals surface area (Å²) in [5, 5.41) is 2.99. The zero-order chi connectivity index (χ0) is 18.6. The van der Waals surface area contributed by atoms with Crippen LogP contribution < -0.4 is 19.9 Å². The van der Waals surface area contributed by atoms with Crippen LogP contribution in [0.5, 0.6) is 5.75 Å². The number of hydrogen-bond donors (Lipinski definition) is 1. The summed E-state index contributed by atoms with van der Waals surface area (Å²) in [4.78, 5) is 28.8. The van der Waals surface area contributed by atoms with Crippen LogP contribution in [0.3, 0.4) is 0 Å². The van der Waals surface area contributed by atoms with Gasteiger partial charge in [-0.15, -0.1) is 0 Å². The lowest BCUT2D eigenvalue weighted by molar-refractivity contribution is -0.123. The number of fused-ring (bicyclic) bond motifs is 1. The Hall–Kier alpha value is -3.02. The van der Waals surface area contributed by atoms with Crippen molar-refractivity contribution in [3.05, 3.63) is 48.5 Å². The number of benzene rings is 2. The minimum absolute atomic E-state index is 0.0342. The van der Waals surface area contributed by atoms with Crippen LogP contribution in [0.15, 0.2) is 48.5 Å². The van der Waals surface area contributed by atoms with Crippen molar-refractivity contribution in [1.29, 1.82) is 0 Å². The molecule has 0 aliphatic carbocycles. The second-order valence-corrected chi connectivity index (χ2v) is 6.85. The number of amides is 2. The first-order valence-corrected chi connectivity index (χ1v) is 9.38. The predicted molar refractivity (Wildman–Crippen MR) is 105 cm³/mol. The van der Waals surface area contributed by atoms with Gasteiger partial charge in [-0.05, 0) is 43.5 Å². The lowest BCUT2D eigenvalue weighted by atomic mass is 10.1. The number of nitrogens with zero attached hydrogens (tertiary/aromatic N) is 2. The number of anilines is 3. The molecule has 0 saturated carbocycles. The van der Waals surface area contributed by atoms with Crippen molar-refractivity contribution in [1.82, 2.24) is 0 Å². The SMILES string of the molecule is O=C(CN1C(=O)COc2ccccc21)Nc1ccccc1N1CCCCC1. The molecule has 2 aromatic rings. The Morgan fingerprint density at radius 2 is 1.67 bits per heavy atom. The minimum atomic E-state index is -0.218. The molecule has 1 N–H and O–H groups in total. The summed E-state index contributed by atoms with van der Waals surface area (Å²) in [6, 6.07) is 15.1. The maximum absolute atomic E-state index is 12.7. The molecule has 2 aromatic carbocycles. The molecule has 0 radical (unpaired) electrons. The molecule has 0 unspecified atom stereocenters. The summed E-state index contributed by atoms with van der Waals surface area (Å²) in [6.45, 7) is 1.92. The van der Waals surface area contributed by atoms with Gasteiger partial charge in [0.15, 0.2) is 6.61 Å². The van der Waals surface area contributed by atoms with E-state index in [0.717, 1.165) is 24.5 Å². The highest BCUT2D eigenvalue weighted by atomic mass is 16.5. The van der Waals surface area contributed by atoms with Gasteiger partial charge in [0.1, 0.15) is 12.3 Å². The van der Waals surface area contributed by atoms with Gasteiger partial charge in [0.05, 0.1) is 17.1 Å². The molecule has 6 nitrogen and oxygen atoms in total. The van der Waals surface area contributed by atoms with Crippen molar-refractivity contribution in [2.45, 2.75) is 19.3 Å². The van der Waals surface area contributed by atoms with Crippen LogP contribution in [0, 0.1) is 0 Å². The number of carbonyl (C=O) groups is 2. The van der Waals surface area contributed by atoms with Gasteiger partial charge in [0, 0.05) is 13.1 Å². The number of piperidine rings is 1. The van der Waals surface area contributed by atoms with Crippen molar-refractivity contribution in [2.75, 3.05) is 41.4 Å². The van der Waals surface area contributed by atoms with Crippen molar-refractivity contribution in [2.24, 2.45) is 0 Å². The Morgan fingerprint density at radius 1 is 0.963 bits per heavy atom. The number of carbonyl (C=O) groups excluding carboxylic acids is 2. The second-order valence-electron chi connectivity index (χ2n) is 6.85. The highest BCUT2D eigenvalue weighted by Crippen LogP contribution is 2.32. The van der Waals surface area contributed by atoms with E-state index in [1.54, 1.807) is 12.1 Å². The molecule has 1 fully saturated rings. The standard InChI is InChI=1S/C21H23N3O3/c25-20(14-24-18-10-4-5-11-19(18)27-15-21(24)26)22-16-8-2-3-9-17(16)23-12-6-1-7-13-23/h2-5,8-11H,1,6-7,12-15H2,(H,22,25). The summed E-state index contributed by atoms with van der Waals surface area (Å²) in [7, 11) is 0. The van der Waals surface area contributed by atoms with Crippen molar-refractivity contribution in [3.63, 3.8) is 0 Å². The second kappa shape index (κ2) is 7.70. The fourth-order valence-corrected chi connectivity index (χ4v) is 3.65.